The van der Waals surface area contributed by atoms with E-state index in [1.165, 1.54) is 0 Å². The molecule has 2 rings (SSSR count). The standard InChI is InChI=1S/C15H22N2O3/c1-3-5-9-17(8-4-2)15(18)16-12-6-7-13-14(10-12)20-11-19-13/h6-7,10H,3-5,8-9,11H2,1-2H3,(H,16,18). The normalized spacial score (nSPS) is 12.3. The Kier molecular flexibility index (Phi) is 5.09. The Hall–Kier alpha value is -1.91. The number of anilines is 1. The fourth-order valence-electron chi connectivity index (χ4n) is 2.11. The molecular formula is C15H22N2O3. The second-order valence-electron chi connectivity index (χ2n) is 4.84. The van der Waals surface area contributed by atoms with Crippen LogP contribution < -0.4 is 14.8 Å². The van der Waals surface area contributed by atoms with E-state index in [0.29, 0.717) is 5.75 Å². The van der Waals surface area contributed by atoms with Crippen molar-refractivity contribution in [2.24, 2.45) is 0 Å². The van der Waals surface area contributed by atoms with E-state index in [1.54, 1.807) is 6.07 Å². The van der Waals surface area contributed by atoms with Crippen molar-refractivity contribution in [1.29, 1.82) is 0 Å². The lowest BCUT2D eigenvalue weighted by Gasteiger charge is -2.22. The molecule has 5 nitrogen and oxygen atoms in total. The number of urea groups is 1. The van der Waals surface area contributed by atoms with Gasteiger partial charge in [-0.25, -0.2) is 4.79 Å². The number of benzene rings is 1. The average Bonchev–Trinajstić information content (AvgIpc) is 2.90. The number of rotatable bonds is 6. The van der Waals surface area contributed by atoms with Crippen LogP contribution >= 0.6 is 0 Å². The molecule has 1 aliphatic rings. The number of ether oxygens (including phenoxy) is 2. The molecule has 0 saturated heterocycles. The highest BCUT2D eigenvalue weighted by Gasteiger charge is 2.16. The number of nitrogens with one attached hydrogen (secondary N) is 1. The van der Waals surface area contributed by atoms with Crippen LogP contribution in [-0.4, -0.2) is 30.8 Å². The first-order valence-corrected chi connectivity index (χ1v) is 7.20. The van der Waals surface area contributed by atoms with Crippen LogP contribution in [0.5, 0.6) is 11.5 Å². The second kappa shape index (κ2) is 7.03. The number of hydrogen-bond donors (Lipinski definition) is 1. The molecule has 2 amide bonds. The minimum Gasteiger partial charge on any atom is -0.454 e. The zero-order valence-electron chi connectivity index (χ0n) is 12.1. The third-order valence-electron chi connectivity index (χ3n) is 3.19. The van der Waals surface area contributed by atoms with Gasteiger partial charge in [-0.1, -0.05) is 20.3 Å². The van der Waals surface area contributed by atoms with E-state index in [2.05, 4.69) is 19.2 Å². The Morgan fingerprint density at radius 1 is 1.20 bits per heavy atom. The Morgan fingerprint density at radius 2 is 2.00 bits per heavy atom. The van der Waals surface area contributed by atoms with Gasteiger partial charge in [-0.15, -0.1) is 0 Å². The van der Waals surface area contributed by atoms with Crippen LogP contribution in [0.1, 0.15) is 33.1 Å². The molecule has 5 heteroatoms. The van der Waals surface area contributed by atoms with Crippen molar-refractivity contribution in [3.8, 4) is 11.5 Å². The van der Waals surface area contributed by atoms with Crippen molar-refractivity contribution in [3.05, 3.63) is 18.2 Å². The second-order valence-corrected chi connectivity index (χ2v) is 4.84. The summed E-state index contributed by atoms with van der Waals surface area (Å²) < 4.78 is 10.6. The summed E-state index contributed by atoms with van der Waals surface area (Å²) in [5.74, 6) is 1.40. The van der Waals surface area contributed by atoms with E-state index in [1.807, 2.05) is 17.0 Å². The SMILES string of the molecule is CCCCN(CCC)C(=O)Nc1ccc2c(c1)OCO2. The van der Waals surface area contributed by atoms with Gasteiger partial charge in [-0.05, 0) is 25.0 Å². The summed E-state index contributed by atoms with van der Waals surface area (Å²) in [5.41, 5.74) is 0.733. The van der Waals surface area contributed by atoms with Gasteiger partial charge in [-0.2, -0.15) is 0 Å². The van der Waals surface area contributed by atoms with E-state index in [0.717, 1.165) is 43.8 Å². The molecule has 0 unspecified atom stereocenters. The van der Waals surface area contributed by atoms with Crippen LogP contribution in [0, 0.1) is 0 Å². The molecule has 0 bridgehead atoms. The maximum atomic E-state index is 12.3. The summed E-state index contributed by atoms with van der Waals surface area (Å²) in [6.45, 7) is 6.01. The first kappa shape index (κ1) is 14.5. The van der Waals surface area contributed by atoms with E-state index in [-0.39, 0.29) is 12.8 Å². The summed E-state index contributed by atoms with van der Waals surface area (Å²) in [7, 11) is 0. The summed E-state index contributed by atoms with van der Waals surface area (Å²) in [6, 6.07) is 5.38. The number of unbranched alkanes of at least 4 members (excludes halogenated alkanes) is 1. The third kappa shape index (κ3) is 3.56. The van der Waals surface area contributed by atoms with Gasteiger partial charge in [0.05, 0.1) is 0 Å². The van der Waals surface area contributed by atoms with Crippen molar-refractivity contribution in [2.45, 2.75) is 33.1 Å². The van der Waals surface area contributed by atoms with Crippen LogP contribution in [0.25, 0.3) is 0 Å². The highest BCUT2D eigenvalue weighted by atomic mass is 16.7. The summed E-state index contributed by atoms with van der Waals surface area (Å²) >= 11 is 0. The molecule has 0 spiro atoms. The number of carbonyl (C=O) groups is 1. The molecule has 0 radical (unpaired) electrons. The molecule has 1 aromatic carbocycles. The summed E-state index contributed by atoms with van der Waals surface area (Å²) in [5, 5.41) is 2.92. The predicted molar refractivity (Wildman–Crippen MR) is 78.4 cm³/mol. The molecular weight excluding hydrogens is 256 g/mol. The number of amides is 2. The summed E-state index contributed by atoms with van der Waals surface area (Å²) in [4.78, 5) is 14.1. The van der Waals surface area contributed by atoms with Gasteiger partial charge in [0.1, 0.15) is 0 Å². The Balaban J connectivity index is 1.98. The smallest absolute Gasteiger partial charge is 0.321 e. The summed E-state index contributed by atoms with van der Waals surface area (Å²) in [6.07, 6.45) is 3.06. The molecule has 0 aliphatic carbocycles. The van der Waals surface area contributed by atoms with E-state index in [4.69, 9.17) is 9.47 Å². The Morgan fingerprint density at radius 3 is 2.75 bits per heavy atom. The van der Waals surface area contributed by atoms with Gasteiger partial charge in [0.25, 0.3) is 0 Å². The molecule has 0 fully saturated rings. The number of nitrogens with zero attached hydrogens (tertiary/aromatic N) is 1. The quantitative estimate of drug-likeness (QED) is 0.867. The van der Waals surface area contributed by atoms with Crippen LogP contribution in [-0.2, 0) is 0 Å². The van der Waals surface area contributed by atoms with Gasteiger partial charge in [0.15, 0.2) is 11.5 Å². The maximum absolute atomic E-state index is 12.3. The molecule has 0 saturated carbocycles. The molecule has 0 atom stereocenters. The first-order valence-electron chi connectivity index (χ1n) is 7.20. The topological polar surface area (TPSA) is 50.8 Å². The number of fused-ring (bicyclic) bond motifs is 1. The molecule has 1 aliphatic heterocycles. The molecule has 1 aromatic rings. The van der Waals surface area contributed by atoms with Crippen molar-refractivity contribution in [3.63, 3.8) is 0 Å². The van der Waals surface area contributed by atoms with Gasteiger partial charge in [0, 0.05) is 24.8 Å². The van der Waals surface area contributed by atoms with E-state index in [9.17, 15) is 4.79 Å². The van der Waals surface area contributed by atoms with Crippen LogP contribution in [0.4, 0.5) is 10.5 Å². The fourth-order valence-corrected chi connectivity index (χ4v) is 2.11. The average molecular weight is 278 g/mol. The van der Waals surface area contributed by atoms with Gasteiger partial charge < -0.3 is 19.7 Å². The fraction of sp³-hybridized carbons (Fsp3) is 0.533. The van der Waals surface area contributed by atoms with E-state index < -0.39 is 0 Å². The van der Waals surface area contributed by atoms with Gasteiger partial charge in [0.2, 0.25) is 6.79 Å². The number of carbonyl (C=O) groups excluding carboxylic acids is 1. The van der Waals surface area contributed by atoms with Crippen molar-refractivity contribution >= 4 is 11.7 Å². The zero-order valence-corrected chi connectivity index (χ0v) is 12.1. The monoisotopic (exact) mass is 278 g/mol. The lowest BCUT2D eigenvalue weighted by atomic mass is 10.2. The Labute approximate surface area is 119 Å². The molecule has 20 heavy (non-hydrogen) atoms. The molecule has 0 aromatic heterocycles. The minimum absolute atomic E-state index is 0.0563. The molecule has 110 valence electrons. The highest BCUT2D eigenvalue weighted by molar-refractivity contribution is 5.89. The maximum Gasteiger partial charge on any atom is 0.321 e. The molecule has 1 heterocycles. The van der Waals surface area contributed by atoms with E-state index >= 15 is 0 Å². The largest absolute Gasteiger partial charge is 0.454 e. The van der Waals surface area contributed by atoms with Crippen molar-refractivity contribution in [2.75, 3.05) is 25.2 Å². The van der Waals surface area contributed by atoms with Crippen molar-refractivity contribution in [1.82, 2.24) is 4.90 Å². The minimum atomic E-state index is -0.0563. The van der Waals surface area contributed by atoms with Crippen LogP contribution in [0.2, 0.25) is 0 Å². The molecule has 1 N–H and O–H groups in total. The zero-order chi connectivity index (χ0) is 14.4. The van der Waals surface area contributed by atoms with Crippen LogP contribution in [0.3, 0.4) is 0 Å². The highest BCUT2D eigenvalue weighted by Crippen LogP contribution is 2.34. The first-order chi connectivity index (χ1) is 9.74. The van der Waals surface area contributed by atoms with Crippen molar-refractivity contribution < 1.29 is 14.3 Å². The van der Waals surface area contributed by atoms with Crippen LogP contribution in [0.15, 0.2) is 18.2 Å². The Bertz CT molecular complexity index is 462. The third-order valence-corrected chi connectivity index (χ3v) is 3.19. The van der Waals surface area contributed by atoms with Gasteiger partial charge in [-0.3, -0.25) is 0 Å². The lowest BCUT2D eigenvalue weighted by molar-refractivity contribution is 0.174. The predicted octanol–water partition coefficient (Wildman–Crippen LogP) is 3.46. The lowest BCUT2D eigenvalue weighted by Crippen LogP contribution is -2.36. The number of hydrogen-bond acceptors (Lipinski definition) is 3. The van der Waals surface area contributed by atoms with Gasteiger partial charge >= 0.3 is 6.03 Å².